The molecule has 0 spiro atoms. The molecule has 3 unspecified atom stereocenters. The Morgan fingerprint density at radius 2 is 0.861 bits per heavy atom. The van der Waals surface area contributed by atoms with Gasteiger partial charge in [0.2, 0.25) is 5.91 Å². The number of ether oxygens (including phenoxy) is 1. The minimum absolute atomic E-state index is 0.0274. The number of unbranched alkanes of at least 4 members (excludes halogenated alkanes) is 33. The van der Waals surface area contributed by atoms with Crippen molar-refractivity contribution in [3.05, 3.63) is 85.1 Å². The van der Waals surface area contributed by atoms with Gasteiger partial charge in [-0.2, -0.15) is 0 Å². The summed E-state index contributed by atoms with van der Waals surface area (Å²) >= 11 is 0. The second-order valence-electron chi connectivity index (χ2n) is 23.3. The summed E-state index contributed by atoms with van der Waals surface area (Å²) in [5, 5.41) is 3.03. The Labute approximate surface area is 488 Å². The van der Waals surface area contributed by atoms with Crippen molar-refractivity contribution >= 4 is 19.7 Å². The van der Waals surface area contributed by atoms with Crippen LogP contribution in [0.3, 0.4) is 0 Å². The van der Waals surface area contributed by atoms with Crippen molar-refractivity contribution in [2.75, 3.05) is 40.9 Å². The zero-order valence-corrected chi connectivity index (χ0v) is 53.2. The first kappa shape index (κ1) is 76.2. The van der Waals surface area contributed by atoms with Gasteiger partial charge in [-0.05, 0) is 89.5 Å². The quantitative estimate of drug-likeness (QED) is 0.0161. The summed E-state index contributed by atoms with van der Waals surface area (Å²) in [6.07, 6.45) is 76.9. The number of hydrogen-bond acceptors (Lipinski definition) is 7. The van der Waals surface area contributed by atoms with Gasteiger partial charge in [-0.25, -0.2) is 0 Å². The molecule has 458 valence electrons. The van der Waals surface area contributed by atoms with Gasteiger partial charge in [0, 0.05) is 12.8 Å². The highest BCUT2D eigenvalue weighted by Gasteiger charge is 2.27. The van der Waals surface area contributed by atoms with Crippen LogP contribution in [0.2, 0.25) is 0 Å². The van der Waals surface area contributed by atoms with Crippen LogP contribution in [0.25, 0.3) is 0 Å². The van der Waals surface area contributed by atoms with Gasteiger partial charge in [-0.3, -0.25) is 14.2 Å². The minimum Gasteiger partial charge on any atom is -0.756 e. The van der Waals surface area contributed by atoms with Crippen LogP contribution in [0.4, 0.5) is 0 Å². The van der Waals surface area contributed by atoms with Crippen LogP contribution in [0.15, 0.2) is 85.1 Å². The summed E-state index contributed by atoms with van der Waals surface area (Å²) in [5.41, 5.74) is 0. The van der Waals surface area contributed by atoms with Crippen molar-refractivity contribution in [2.24, 2.45) is 0 Å². The Kier molecular flexibility index (Phi) is 56.3. The summed E-state index contributed by atoms with van der Waals surface area (Å²) in [5.74, 6) is -0.554. The van der Waals surface area contributed by atoms with Crippen LogP contribution in [-0.4, -0.2) is 69.4 Å². The number of phosphoric ester groups is 1. The number of phosphoric acid groups is 1. The van der Waals surface area contributed by atoms with Crippen LogP contribution < -0.4 is 10.2 Å². The van der Waals surface area contributed by atoms with Gasteiger partial charge in [0.1, 0.15) is 19.3 Å². The highest BCUT2D eigenvalue weighted by atomic mass is 31.2. The third-order valence-electron chi connectivity index (χ3n) is 14.4. The molecule has 0 bridgehead atoms. The number of quaternary nitrogens is 1. The SMILES string of the molecule is CC/C=C/C=C/C=C/CCCCCCCCCC(=O)OC(/C=C\CCCCCCCCCCCCC)C(COP(=O)([O-])OCC[N+](C)(C)C)NC(=O)CCCCCCCCCCCCCC/C=C\C/C=C\C/C=C\CCCCC. The molecule has 0 aromatic carbocycles. The third kappa shape index (κ3) is 59.6. The van der Waals surface area contributed by atoms with E-state index in [-0.39, 0.29) is 24.9 Å². The molecule has 0 saturated carbocycles. The van der Waals surface area contributed by atoms with E-state index < -0.39 is 26.6 Å². The predicted octanol–water partition coefficient (Wildman–Crippen LogP) is 19.9. The number of carbonyl (C=O) groups is 2. The number of amides is 1. The van der Waals surface area contributed by atoms with E-state index in [9.17, 15) is 19.0 Å². The second-order valence-corrected chi connectivity index (χ2v) is 24.7. The molecule has 0 aromatic heterocycles. The fourth-order valence-corrected chi connectivity index (χ4v) is 10.0. The molecule has 0 saturated heterocycles. The number of allylic oxidation sites excluding steroid dienone is 13. The molecular weight excluding hydrogens is 1000 g/mol. The predicted molar refractivity (Wildman–Crippen MR) is 339 cm³/mol. The lowest BCUT2D eigenvalue weighted by Gasteiger charge is -2.30. The second kappa shape index (κ2) is 58.4. The zero-order chi connectivity index (χ0) is 57.9. The molecule has 0 aliphatic carbocycles. The van der Waals surface area contributed by atoms with Crippen molar-refractivity contribution in [3.8, 4) is 0 Å². The van der Waals surface area contributed by atoms with Crippen molar-refractivity contribution < 1.29 is 37.3 Å². The molecule has 3 atom stereocenters. The van der Waals surface area contributed by atoms with E-state index in [1.54, 1.807) is 0 Å². The maximum absolute atomic E-state index is 13.6. The molecule has 0 rings (SSSR count). The van der Waals surface area contributed by atoms with Gasteiger partial charge >= 0.3 is 5.97 Å². The van der Waals surface area contributed by atoms with E-state index in [2.05, 4.69) is 99.0 Å². The fourth-order valence-electron chi connectivity index (χ4n) is 9.29. The van der Waals surface area contributed by atoms with Crippen LogP contribution in [0.1, 0.15) is 290 Å². The number of nitrogens with one attached hydrogen (secondary N) is 1. The standard InChI is InChI=1S/C69H125N2O7P/c1-7-10-13-16-19-22-25-28-30-31-32-33-34-35-36-37-38-39-41-43-46-49-52-55-58-61-68(72)70-66(65-77-79(74,75)76-64-63-71(4,5)6)67(60-57-54-51-48-45-42-27-24-21-18-15-12-9-3)78-69(73)62-59-56-53-50-47-44-40-29-26-23-20-17-14-11-8-2/h11,14,17,19-20,22-23,26,28,30,32-33,57,60,66-67H,7-10,12-13,15-16,18,21,24-25,27,29,31,34-56,58-59,61-65H2,1-6H3,(H-,70,72,74,75)/b14-11+,20-17+,22-19-,26-23+,30-28-,33-32-,60-57-. The largest absolute Gasteiger partial charge is 0.756 e. The molecule has 0 fully saturated rings. The number of esters is 1. The zero-order valence-electron chi connectivity index (χ0n) is 52.3. The number of likely N-dealkylation sites (N-methyl/N-ethyl adjacent to an activating group) is 1. The summed E-state index contributed by atoms with van der Waals surface area (Å²) in [6, 6.07) is -0.898. The highest BCUT2D eigenvalue weighted by Crippen LogP contribution is 2.38. The van der Waals surface area contributed by atoms with Gasteiger partial charge in [-0.15, -0.1) is 0 Å². The van der Waals surface area contributed by atoms with Crippen LogP contribution >= 0.6 is 7.82 Å². The first-order valence-corrected chi connectivity index (χ1v) is 34.4. The average Bonchev–Trinajstić information content (AvgIpc) is 3.41. The Hall–Kier alpha value is -2.81. The molecule has 79 heavy (non-hydrogen) atoms. The van der Waals surface area contributed by atoms with Crippen LogP contribution in [0.5, 0.6) is 0 Å². The normalized spacial score (nSPS) is 14.2. The molecule has 0 aliphatic heterocycles. The molecular formula is C69H125N2O7P. The molecule has 1 amide bonds. The first-order valence-electron chi connectivity index (χ1n) is 32.9. The van der Waals surface area contributed by atoms with Crippen molar-refractivity contribution in [2.45, 2.75) is 303 Å². The van der Waals surface area contributed by atoms with Gasteiger partial charge in [-0.1, -0.05) is 273 Å². The summed E-state index contributed by atoms with van der Waals surface area (Å²) in [6.45, 7) is 6.69. The molecule has 0 aliphatic rings. The molecule has 1 N–H and O–H groups in total. The van der Waals surface area contributed by atoms with E-state index >= 15 is 0 Å². The Balaban J connectivity index is 5.14. The molecule has 0 heterocycles. The molecule has 10 heteroatoms. The first-order chi connectivity index (χ1) is 38.4. The Morgan fingerprint density at radius 1 is 0.468 bits per heavy atom. The van der Waals surface area contributed by atoms with Gasteiger partial charge in [0.25, 0.3) is 7.82 Å². The maximum atomic E-state index is 13.6. The highest BCUT2D eigenvalue weighted by molar-refractivity contribution is 7.45. The van der Waals surface area contributed by atoms with Gasteiger partial charge in [0.05, 0.1) is 33.8 Å². The van der Waals surface area contributed by atoms with Crippen molar-refractivity contribution in [3.63, 3.8) is 0 Å². The van der Waals surface area contributed by atoms with E-state index in [4.69, 9.17) is 13.8 Å². The van der Waals surface area contributed by atoms with E-state index in [0.29, 0.717) is 23.9 Å². The molecule has 0 aromatic rings. The summed E-state index contributed by atoms with van der Waals surface area (Å²) in [4.78, 5) is 40.1. The topological polar surface area (TPSA) is 114 Å². The molecule has 0 radical (unpaired) electrons. The van der Waals surface area contributed by atoms with E-state index in [1.807, 2.05) is 33.3 Å². The lowest BCUT2D eigenvalue weighted by molar-refractivity contribution is -0.870. The van der Waals surface area contributed by atoms with E-state index in [1.165, 1.54) is 161 Å². The number of rotatable bonds is 59. The maximum Gasteiger partial charge on any atom is 0.306 e. The lowest BCUT2D eigenvalue weighted by Crippen LogP contribution is -2.47. The van der Waals surface area contributed by atoms with E-state index in [0.717, 1.165) is 89.9 Å². The van der Waals surface area contributed by atoms with Crippen LogP contribution in [-0.2, 0) is 27.9 Å². The third-order valence-corrected chi connectivity index (χ3v) is 15.3. The smallest absolute Gasteiger partial charge is 0.306 e. The number of nitrogens with zero attached hydrogens (tertiary/aromatic N) is 1. The molecule has 9 nitrogen and oxygen atoms in total. The average molecular weight is 1130 g/mol. The number of carbonyl (C=O) groups excluding carboxylic acids is 2. The fraction of sp³-hybridized carbons (Fsp3) is 0.768. The van der Waals surface area contributed by atoms with Gasteiger partial charge in [0.15, 0.2) is 0 Å². The minimum atomic E-state index is -4.71. The monoisotopic (exact) mass is 1120 g/mol. The van der Waals surface area contributed by atoms with Crippen molar-refractivity contribution in [1.82, 2.24) is 5.32 Å². The van der Waals surface area contributed by atoms with Crippen molar-refractivity contribution in [1.29, 1.82) is 0 Å². The number of hydrogen-bond donors (Lipinski definition) is 1. The lowest BCUT2D eigenvalue weighted by atomic mass is 10.0. The van der Waals surface area contributed by atoms with Crippen LogP contribution in [0, 0.1) is 0 Å². The van der Waals surface area contributed by atoms with Gasteiger partial charge < -0.3 is 28.5 Å². The summed E-state index contributed by atoms with van der Waals surface area (Å²) < 4.78 is 30.4. The Morgan fingerprint density at radius 3 is 1.34 bits per heavy atom. The summed E-state index contributed by atoms with van der Waals surface area (Å²) in [7, 11) is 1.17. The Bertz CT molecular complexity index is 1630.